The van der Waals surface area contributed by atoms with Crippen LogP contribution in [0.15, 0.2) is 0 Å². The Morgan fingerprint density at radius 3 is 1.88 bits per heavy atom. The first-order chi connectivity index (χ1) is 7.78. The molecule has 0 saturated carbocycles. The molecule has 0 aliphatic carbocycles. The van der Waals surface area contributed by atoms with Crippen molar-refractivity contribution in [3.8, 4) is 0 Å². The number of hydrogen-bond acceptors (Lipinski definition) is 5. The lowest BCUT2D eigenvalue weighted by Crippen LogP contribution is -2.57. The van der Waals surface area contributed by atoms with Crippen LogP contribution in [0.4, 0.5) is 0 Å². The van der Waals surface area contributed by atoms with E-state index in [1.54, 1.807) is 0 Å². The lowest BCUT2D eigenvalue weighted by atomic mass is 10.0. The molecule has 0 spiro atoms. The summed E-state index contributed by atoms with van der Waals surface area (Å²) in [5.74, 6) is -0.320. The third kappa shape index (κ3) is 6.58. The largest absolute Gasteiger partial charge is 0.394 e. The van der Waals surface area contributed by atoms with Gasteiger partial charge in [0, 0.05) is 18.5 Å². The van der Waals surface area contributed by atoms with Crippen LogP contribution in [0, 0.1) is 0 Å². The predicted molar refractivity (Wildman–Crippen MR) is 64.5 cm³/mol. The van der Waals surface area contributed by atoms with Gasteiger partial charge < -0.3 is 26.0 Å². The molecule has 0 aromatic carbocycles. The van der Waals surface area contributed by atoms with Crippen molar-refractivity contribution in [2.45, 2.75) is 38.3 Å². The molecule has 0 aromatic rings. The number of rotatable bonds is 7. The number of nitrogens with one attached hydrogen (secondary N) is 2. The average molecular weight is 248 g/mol. The zero-order chi connectivity index (χ0) is 13.5. The highest BCUT2D eigenvalue weighted by molar-refractivity contribution is 5.77. The zero-order valence-corrected chi connectivity index (χ0v) is 10.8. The fourth-order valence-electron chi connectivity index (χ4n) is 1.18. The van der Waals surface area contributed by atoms with E-state index in [1.165, 1.54) is 0 Å². The molecule has 0 saturated heterocycles. The van der Waals surface area contributed by atoms with E-state index in [2.05, 4.69) is 10.6 Å². The standard InChI is InChI=1S/C11H24N2O4/c1-10(2,3)12-5-4-9(17)13-11(6-14,7-15)8-16/h12,14-16H,4-8H2,1-3H3,(H,13,17). The normalized spacial score (nSPS) is 12.6. The molecule has 5 N–H and O–H groups in total. The molecular weight excluding hydrogens is 224 g/mol. The second-order valence-corrected chi connectivity index (χ2v) is 5.23. The Kier molecular flexibility index (Phi) is 6.62. The Morgan fingerprint density at radius 2 is 1.53 bits per heavy atom. The van der Waals surface area contributed by atoms with Crippen LogP contribution in [-0.2, 0) is 4.79 Å². The van der Waals surface area contributed by atoms with Crippen LogP contribution in [0.5, 0.6) is 0 Å². The highest BCUT2D eigenvalue weighted by atomic mass is 16.3. The summed E-state index contributed by atoms with van der Waals surface area (Å²) in [6.45, 7) is 4.96. The first-order valence-corrected chi connectivity index (χ1v) is 5.67. The minimum Gasteiger partial charge on any atom is -0.394 e. The van der Waals surface area contributed by atoms with Gasteiger partial charge in [0.2, 0.25) is 5.91 Å². The molecular formula is C11H24N2O4. The van der Waals surface area contributed by atoms with E-state index in [0.29, 0.717) is 6.54 Å². The first-order valence-electron chi connectivity index (χ1n) is 5.67. The summed E-state index contributed by atoms with van der Waals surface area (Å²) < 4.78 is 0. The smallest absolute Gasteiger partial charge is 0.221 e. The summed E-state index contributed by atoms with van der Waals surface area (Å²) in [6.07, 6.45) is 0.221. The average Bonchev–Trinajstić information content (AvgIpc) is 2.24. The van der Waals surface area contributed by atoms with Crippen LogP contribution < -0.4 is 10.6 Å². The van der Waals surface area contributed by atoms with E-state index >= 15 is 0 Å². The lowest BCUT2D eigenvalue weighted by Gasteiger charge is -2.29. The molecule has 6 nitrogen and oxygen atoms in total. The molecule has 17 heavy (non-hydrogen) atoms. The minimum absolute atomic E-state index is 0.0672. The zero-order valence-electron chi connectivity index (χ0n) is 10.8. The molecule has 0 heterocycles. The van der Waals surface area contributed by atoms with Crippen molar-refractivity contribution in [2.75, 3.05) is 26.4 Å². The maximum absolute atomic E-state index is 11.5. The van der Waals surface area contributed by atoms with Gasteiger partial charge in [-0.15, -0.1) is 0 Å². The van der Waals surface area contributed by atoms with Crippen LogP contribution in [-0.4, -0.2) is 58.7 Å². The molecule has 0 rings (SSSR count). The van der Waals surface area contributed by atoms with Crippen LogP contribution in [0.3, 0.4) is 0 Å². The van der Waals surface area contributed by atoms with Crippen molar-refractivity contribution in [3.05, 3.63) is 0 Å². The number of hydrogen-bond donors (Lipinski definition) is 5. The number of amides is 1. The SMILES string of the molecule is CC(C)(C)NCCC(=O)NC(CO)(CO)CO. The summed E-state index contributed by atoms with van der Waals surface area (Å²) in [5.41, 5.74) is -1.40. The van der Waals surface area contributed by atoms with Crippen molar-refractivity contribution in [1.82, 2.24) is 10.6 Å². The summed E-state index contributed by atoms with van der Waals surface area (Å²) >= 11 is 0. The van der Waals surface area contributed by atoms with Gasteiger partial charge in [-0.2, -0.15) is 0 Å². The third-order valence-corrected chi connectivity index (χ3v) is 2.32. The van der Waals surface area contributed by atoms with Gasteiger partial charge in [0.1, 0.15) is 5.54 Å². The fraction of sp³-hybridized carbons (Fsp3) is 0.909. The molecule has 1 amide bonds. The van der Waals surface area contributed by atoms with Gasteiger partial charge in [-0.05, 0) is 20.8 Å². The van der Waals surface area contributed by atoms with E-state index in [0.717, 1.165) is 0 Å². The molecule has 0 fully saturated rings. The van der Waals surface area contributed by atoms with Gasteiger partial charge in [-0.1, -0.05) is 0 Å². The second kappa shape index (κ2) is 6.90. The summed E-state index contributed by atoms with van der Waals surface area (Å²) in [7, 11) is 0. The molecule has 6 heteroatoms. The van der Waals surface area contributed by atoms with E-state index in [9.17, 15) is 4.79 Å². The fourth-order valence-corrected chi connectivity index (χ4v) is 1.18. The lowest BCUT2D eigenvalue weighted by molar-refractivity contribution is -0.125. The van der Waals surface area contributed by atoms with Crippen molar-refractivity contribution < 1.29 is 20.1 Å². The highest BCUT2D eigenvalue weighted by Gasteiger charge is 2.29. The molecule has 0 aromatic heterocycles. The van der Waals surface area contributed by atoms with Crippen LogP contribution in [0.2, 0.25) is 0 Å². The molecule has 0 aliphatic heterocycles. The third-order valence-electron chi connectivity index (χ3n) is 2.32. The minimum atomic E-state index is -1.33. The topological polar surface area (TPSA) is 102 Å². The first kappa shape index (κ1) is 16.3. The Labute approximate surface area is 102 Å². The Morgan fingerprint density at radius 1 is 1.06 bits per heavy atom. The number of aliphatic hydroxyl groups is 3. The van der Waals surface area contributed by atoms with Gasteiger partial charge in [-0.25, -0.2) is 0 Å². The summed E-state index contributed by atoms with van der Waals surface area (Å²) in [6, 6.07) is 0. The number of carbonyl (C=O) groups is 1. The molecule has 0 atom stereocenters. The molecule has 0 bridgehead atoms. The van der Waals surface area contributed by atoms with E-state index in [-0.39, 0.29) is 17.9 Å². The van der Waals surface area contributed by atoms with E-state index < -0.39 is 25.4 Å². The molecule has 0 radical (unpaired) electrons. The van der Waals surface area contributed by atoms with Gasteiger partial charge >= 0.3 is 0 Å². The predicted octanol–water partition coefficient (Wildman–Crippen LogP) is -1.40. The molecule has 102 valence electrons. The summed E-state index contributed by atoms with van der Waals surface area (Å²) in [4.78, 5) is 11.5. The summed E-state index contributed by atoms with van der Waals surface area (Å²) in [5, 5.41) is 32.7. The Hall–Kier alpha value is -0.690. The van der Waals surface area contributed by atoms with E-state index in [1.807, 2.05) is 20.8 Å². The number of carbonyl (C=O) groups excluding carboxylic acids is 1. The Bertz CT molecular complexity index is 226. The van der Waals surface area contributed by atoms with Gasteiger partial charge in [-0.3, -0.25) is 4.79 Å². The van der Waals surface area contributed by atoms with Crippen molar-refractivity contribution in [2.24, 2.45) is 0 Å². The van der Waals surface area contributed by atoms with Crippen molar-refractivity contribution >= 4 is 5.91 Å². The van der Waals surface area contributed by atoms with Crippen LogP contribution in [0.1, 0.15) is 27.2 Å². The highest BCUT2D eigenvalue weighted by Crippen LogP contribution is 2.02. The van der Waals surface area contributed by atoms with Crippen molar-refractivity contribution in [1.29, 1.82) is 0 Å². The van der Waals surface area contributed by atoms with E-state index in [4.69, 9.17) is 15.3 Å². The maximum atomic E-state index is 11.5. The maximum Gasteiger partial charge on any atom is 0.221 e. The quantitative estimate of drug-likeness (QED) is 0.381. The molecule has 0 unspecified atom stereocenters. The van der Waals surface area contributed by atoms with Gasteiger partial charge in [0.25, 0.3) is 0 Å². The van der Waals surface area contributed by atoms with Crippen LogP contribution >= 0.6 is 0 Å². The number of aliphatic hydroxyl groups excluding tert-OH is 3. The second-order valence-electron chi connectivity index (χ2n) is 5.23. The Balaban J connectivity index is 4.08. The van der Waals surface area contributed by atoms with Crippen LogP contribution in [0.25, 0.3) is 0 Å². The van der Waals surface area contributed by atoms with Gasteiger partial charge in [0.15, 0.2) is 0 Å². The molecule has 0 aliphatic rings. The monoisotopic (exact) mass is 248 g/mol. The van der Waals surface area contributed by atoms with Crippen molar-refractivity contribution in [3.63, 3.8) is 0 Å². The van der Waals surface area contributed by atoms with Gasteiger partial charge in [0.05, 0.1) is 19.8 Å².